The van der Waals surface area contributed by atoms with Crippen molar-refractivity contribution in [1.29, 1.82) is 0 Å². The van der Waals surface area contributed by atoms with Gasteiger partial charge in [0, 0.05) is 30.1 Å². The molecule has 0 amide bonds. The van der Waals surface area contributed by atoms with Crippen LogP contribution in [0.4, 0.5) is 5.69 Å². The molecule has 2 aromatic carbocycles. The van der Waals surface area contributed by atoms with Crippen LogP contribution in [0.5, 0.6) is 0 Å². The third-order valence-electron chi connectivity index (χ3n) is 5.05. The van der Waals surface area contributed by atoms with E-state index in [2.05, 4.69) is 60.4 Å². The summed E-state index contributed by atoms with van der Waals surface area (Å²) in [6, 6.07) is 17.5. The number of benzene rings is 2. The normalized spacial score (nSPS) is 16.5. The minimum Gasteiger partial charge on any atom is -0.371 e. The Morgan fingerprint density at radius 1 is 1.00 bits per heavy atom. The molecule has 0 N–H and O–H groups in total. The van der Waals surface area contributed by atoms with Crippen LogP contribution in [-0.4, -0.2) is 17.5 Å². The Kier molecular flexibility index (Phi) is 4.52. The molecule has 1 atom stereocenters. The van der Waals surface area contributed by atoms with Gasteiger partial charge < -0.3 is 4.90 Å². The summed E-state index contributed by atoms with van der Waals surface area (Å²) in [5.41, 5.74) is 4.07. The molecule has 1 aromatic heterocycles. The van der Waals surface area contributed by atoms with Crippen LogP contribution in [0.1, 0.15) is 43.4 Å². The molecule has 24 heavy (non-hydrogen) atoms. The lowest BCUT2D eigenvalue weighted by Crippen LogP contribution is -2.29. The van der Waals surface area contributed by atoms with Gasteiger partial charge in [-0.15, -0.1) is 0 Å². The quantitative estimate of drug-likeness (QED) is 0.613. The van der Waals surface area contributed by atoms with Gasteiger partial charge in [-0.1, -0.05) is 43.3 Å². The third kappa shape index (κ3) is 3.05. The smallest absolute Gasteiger partial charge is 0.0673 e. The van der Waals surface area contributed by atoms with Gasteiger partial charge in [0.25, 0.3) is 0 Å². The molecule has 1 saturated heterocycles. The van der Waals surface area contributed by atoms with Crippen LogP contribution in [0.25, 0.3) is 10.1 Å². The molecular formula is C21H24N2S. The maximum atomic E-state index is 4.86. The van der Waals surface area contributed by atoms with Gasteiger partial charge in [0.05, 0.1) is 10.4 Å². The molecule has 3 aromatic rings. The average Bonchev–Trinajstić information content (AvgIpc) is 3.07. The molecule has 0 radical (unpaired) electrons. The van der Waals surface area contributed by atoms with Crippen molar-refractivity contribution in [3.63, 3.8) is 0 Å². The van der Waals surface area contributed by atoms with Crippen molar-refractivity contribution in [1.82, 2.24) is 4.37 Å². The molecule has 1 aliphatic heterocycles. The van der Waals surface area contributed by atoms with E-state index in [1.54, 1.807) is 11.5 Å². The zero-order valence-electron chi connectivity index (χ0n) is 14.2. The van der Waals surface area contributed by atoms with E-state index < -0.39 is 0 Å². The SMILES string of the molecule is CC(Cc1ccccc1)c1nsc2cccc(N3CCCCC3)c12. The van der Waals surface area contributed by atoms with Crippen LogP contribution >= 0.6 is 11.5 Å². The van der Waals surface area contributed by atoms with Gasteiger partial charge in [-0.2, -0.15) is 4.37 Å². The van der Waals surface area contributed by atoms with E-state index >= 15 is 0 Å². The number of piperidine rings is 1. The Morgan fingerprint density at radius 2 is 1.79 bits per heavy atom. The average molecular weight is 337 g/mol. The van der Waals surface area contributed by atoms with E-state index in [0.717, 1.165) is 6.42 Å². The van der Waals surface area contributed by atoms with E-state index in [1.807, 2.05) is 0 Å². The van der Waals surface area contributed by atoms with Gasteiger partial charge in [0.2, 0.25) is 0 Å². The van der Waals surface area contributed by atoms with Crippen LogP contribution in [0.2, 0.25) is 0 Å². The molecule has 1 fully saturated rings. The fourth-order valence-corrected chi connectivity index (χ4v) is 4.70. The summed E-state index contributed by atoms with van der Waals surface area (Å²) in [7, 11) is 0. The Morgan fingerprint density at radius 3 is 2.58 bits per heavy atom. The standard InChI is InChI=1S/C21H24N2S/c1-16(15-17-9-4-2-5-10-17)21-20-18(23-13-6-3-7-14-23)11-8-12-19(20)24-22-21/h2,4-5,8-12,16H,3,6-7,13-15H2,1H3. The molecule has 124 valence electrons. The molecule has 2 heterocycles. The van der Waals surface area contributed by atoms with Crippen molar-refractivity contribution >= 4 is 27.3 Å². The number of rotatable bonds is 4. The lowest BCUT2D eigenvalue weighted by molar-refractivity contribution is 0.579. The summed E-state index contributed by atoms with van der Waals surface area (Å²) in [6.45, 7) is 4.68. The Bertz CT molecular complexity index is 803. The highest BCUT2D eigenvalue weighted by atomic mass is 32.1. The fraction of sp³-hybridized carbons (Fsp3) is 0.381. The van der Waals surface area contributed by atoms with Gasteiger partial charge in [-0.25, -0.2) is 0 Å². The second kappa shape index (κ2) is 6.94. The largest absolute Gasteiger partial charge is 0.371 e. The number of aromatic nitrogens is 1. The summed E-state index contributed by atoms with van der Waals surface area (Å²) in [5, 5.41) is 1.40. The Balaban J connectivity index is 1.70. The zero-order valence-corrected chi connectivity index (χ0v) is 15.1. The fourth-order valence-electron chi connectivity index (χ4n) is 3.80. The molecule has 0 aliphatic carbocycles. The summed E-state index contributed by atoms with van der Waals surface area (Å²) < 4.78 is 6.19. The van der Waals surface area contributed by atoms with Gasteiger partial charge >= 0.3 is 0 Å². The van der Waals surface area contributed by atoms with Gasteiger partial charge in [0.1, 0.15) is 0 Å². The first-order chi connectivity index (χ1) is 11.8. The highest BCUT2D eigenvalue weighted by Crippen LogP contribution is 2.37. The minimum atomic E-state index is 0.437. The van der Waals surface area contributed by atoms with Crippen LogP contribution in [0, 0.1) is 0 Å². The van der Waals surface area contributed by atoms with Crippen molar-refractivity contribution in [2.75, 3.05) is 18.0 Å². The number of nitrogens with zero attached hydrogens (tertiary/aromatic N) is 2. The van der Waals surface area contributed by atoms with Crippen LogP contribution in [-0.2, 0) is 6.42 Å². The summed E-state index contributed by atoms with van der Waals surface area (Å²) in [6.07, 6.45) is 5.03. The Labute approximate surface area is 148 Å². The van der Waals surface area contributed by atoms with Gasteiger partial charge in [0.15, 0.2) is 0 Å². The molecule has 0 saturated carbocycles. The summed E-state index contributed by atoms with van der Waals surface area (Å²) in [4.78, 5) is 2.57. The predicted octanol–water partition coefficient (Wildman–Crippen LogP) is 5.63. The van der Waals surface area contributed by atoms with Crippen molar-refractivity contribution in [3.05, 3.63) is 59.8 Å². The topological polar surface area (TPSA) is 16.1 Å². The second-order valence-corrected chi connectivity index (χ2v) is 7.66. The molecule has 3 heteroatoms. The number of hydrogen-bond acceptors (Lipinski definition) is 3. The maximum absolute atomic E-state index is 4.86. The number of hydrogen-bond donors (Lipinski definition) is 0. The van der Waals surface area contributed by atoms with Crippen molar-refractivity contribution in [3.8, 4) is 0 Å². The van der Waals surface area contributed by atoms with Gasteiger partial charge in [-0.3, -0.25) is 0 Å². The van der Waals surface area contributed by atoms with E-state index in [9.17, 15) is 0 Å². The summed E-state index contributed by atoms with van der Waals surface area (Å²) in [5.74, 6) is 0.437. The van der Waals surface area contributed by atoms with Crippen molar-refractivity contribution < 1.29 is 0 Å². The van der Waals surface area contributed by atoms with E-state index in [-0.39, 0.29) is 0 Å². The third-order valence-corrected chi connectivity index (χ3v) is 5.88. The Hall–Kier alpha value is -1.87. The van der Waals surface area contributed by atoms with E-state index in [4.69, 9.17) is 4.37 Å². The highest BCUT2D eigenvalue weighted by molar-refractivity contribution is 7.13. The van der Waals surface area contributed by atoms with Crippen LogP contribution in [0.3, 0.4) is 0 Å². The van der Waals surface area contributed by atoms with Gasteiger partial charge in [-0.05, 0) is 54.9 Å². The second-order valence-electron chi connectivity index (χ2n) is 6.86. The van der Waals surface area contributed by atoms with E-state index in [0.29, 0.717) is 5.92 Å². The van der Waals surface area contributed by atoms with Crippen LogP contribution < -0.4 is 4.90 Å². The first kappa shape index (κ1) is 15.6. The maximum Gasteiger partial charge on any atom is 0.0673 e. The monoisotopic (exact) mass is 336 g/mol. The predicted molar refractivity (Wildman–Crippen MR) is 104 cm³/mol. The lowest BCUT2D eigenvalue weighted by Gasteiger charge is -2.29. The molecule has 0 bridgehead atoms. The summed E-state index contributed by atoms with van der Waals surface area (Å²) >= 11 is 1.65. The number of anilines is 1. The first-order valence-electron chi connectivity index (χ1n) is 9.00. The number of fused-ring (bicyclic) bond motifs is 1. The molecule has 4 rings (SSSR count). The molecule has 1 unspecified atom stereocenters. The lowest BCUT2D eigenvalue weighted by atomic mass is 9.95. The minimum absolute atomic E-state index is 0.437. The zero-order chi connectivity index (χ0) is 16.4. The van der Waals surface area contributed by atoms with Crippen LogP contribution in [0.15, 0.2) is 48.5 Å². The highest BCUT2D eigenvalue weighted by Gasteiger charge is 2.20. The van der Waals surface area contributed by atoms with Crippen molar-refractivity contribution in [2.45, 2.75) is 38.5 Å². The first-order valence-corrected chi connectivity index (χ1v) is 9.77. The van der Waals surface area contributed by atoms with E-state index in [1.165, 1.54) is 59.4 Å². The molecular weight excluding hydrogens is 312 g/mol. The van der Waals surface area contributed by atoms with Crippen molar-refractivity contribution in [2.24, 2.45) is 0 Å². The molecule has 1 aliphatic rings. The molecule has 0 spiro atoms. The molecule has 2 nitrogen and oxygen atoms in total.